The number of aromatic nitrogens is 4. The zero-order valence-electron chi connectivity index (χ0n) is 14.3. The van der Waals surface area contributed by atoms with E-state index in [4.69, 9.17) is 14.2 Å². The van der Waals surface area contributed by atoms with Crippen LogP contribution in [-0.4, -0.2) is 25.5 Å². The highest BCUT2D eigenvalue weighted by Gasteiger charge is 2.21. The number of allylic oxidation sites excluding steroid dienone is 1. The van der Waals surface area contributed by atoms with Crippen LogP contribution >= 0.6 is 0 Å². The summed E-state index contributed by atoms with van der Waals surface area (Å²) in [5.74, 6) is 1.67. The third-order valence-corrected chi connectivity index (χ3v) is 4.18. The maximum atomic E-state index is 12.6. The van der Waals surface area contributed by atoms with E-state index in [0.717, 1.165) is 4.57 Å². The van der Waals surface area contributed by atoms with Gasteiger partial charge in [0.1, 0.15) is 5.75 Å². The van der Waals surface area contributed by atoms with Crippen molar-refractivity contribution in [1.29, 1.82) is 0 Å². The molecule has 3 heterocycles. The van der Waals surface area contributed by atoms with Crippen LogP contribution in [0.4, 0.5) is 0 Å². The fraction of sp³-hybridized carbons (Fsp3) is 0.235. The van der Waals surface area contributed by atoms with Crippen LogP contribution in [-0.2, 0) is 20.6 Å². The molecule has 9 heteroatoms. The Morgan fingerprint density at radius 2 is 2.00 bits per heavy atom. The second-order valence-corrected chi connectivity index (χ2v) is 5.79. The lowest BCUT2D eigenvalue weighted by Crippen LogP contribution is -2.37. The van der Waals surface area contributed by atoms with Gasteiger partial charge < -0.3 is 14.2 Å². The molecule has 0 spiro atoms. The number of nitrogens with zero attached hydrogens (tertiary/aromatic N) is 4. The third kappa shape index (κ3) is 2.28. The second kappa shape index (κ2) is 5.80. The molecule has 1 aliphatic rings. The van der Waals surface area contributed by atoms with Crippen molar-refractivity contribution >= 4 is 11.2 Å². The van der Waals surface area contributed by atoms with Gasteiger partial charge in [-0.3, -0.25) is 18.5 Å². The van der Waals surface area contributed by atoms with Gasteiger partial charge >= 0.3 is 11.7 Å². The summed E-state index contributed by atoms with van der Waals surface area (Å²) in [5, 5.41) is 0. The number of benzene rings is 1. The van der Waals surface area contributed by atoms with Gasteiger partial charge in [-0.05, 0) is 12.1 Å². The summed E-state index contributed by atoms with van der Waals surface area (Å²) in [6.45, 7) is 4.17. The van der Waals surface area contributed by atoms with Crippen LogP contribution < -0.4 is 25.5 Å². The predicted octanol–water partition coefficient (Wildman–Crippen LogP) is 1.14. The van der Waals surface area contributed by atoms with Gasteiger partial charge in [0.15, 0.2) is 22.7 Å². The molecule has 4 rings (SSSR count). The number of rotatable bonds is 4. The van der Waals surface area contributed by atoms with Gasteiger partial charge in [-0.2, -0.15) is 4.98 Å². The largest absolute Gasteiger partial charge is 0.454 e. The first kappa shape index (κ1) is 16.0. The Morgan fingerprint density at radius 1 is 1.23 bits per heavy atom. The highest BCUT2D eigenvalue weighted by Crippen LogP contribution is 2.36. The van der Waals surface area contributed by atoms with E-state index in [1.807, 2.05) is 0 Å². The van der Waals surface area contributed by atoms with Gasteiger partial charge in [-0.1, -0.05) is 6.08 Å². The van der Waals surface area contributed by atoms with E-state index in [2.05, 4.69) is 11.6 Å². The van der Waals surface area contributed by atoms with Crippen LogP contribution in [0.2, 0.25) is 0 Å². The smallest absolute Gasteiger partial charge is 0.332 e. The maximum absolute atomic E-state index is 12.6. The van der Waals surface area contributed by atoms with E-state index in [9.17, 15) is 9.59 Å². The highest BCUT2D eigenvalue weighted by atomic mass is 16.7. The first-order chi connectivity index (χ1) is 12.5. The lowest BCUT2D eigenvalue weighted by molar-refractivity contribution is 0.174. The van der Waals surface area contributed by atoms with Gasteiger partial charge in [0.2, 0.25) is 6.79 Å². The topological polar surface area (TPSA) is 89.5 Å². The minimum atomic E-state index is -0.458. The second-order valence-electron chi connectivity index (χ2n) is 5.79. The fourth-order valence-corrected chi connectivity index (χ4v) is 2.85. The van der Waals surface area contributed by atoms with Crippen molar-refractivity contribution in [2.45, 2.75) is 6.54 Å². The summed E-state index contributed by atoms with van der Waals surface area (Å²) in [4.78, 5) is 29.1. The van der Waals surface area contributed by atoms with E-state index in [1.165, 1.54) is 11.6 Å². The lowest BCUT2D eigenvalue weighted by atomic mass is 10.3. The zero-order chi connectivity index (χ0) is 18.4. The fourth-order valence-electron chi connectivity index (χ4n) is 2.85. The zero-order valence-corrected chi connectivity index (χ0v) is 14.3. The van der Waals surface area contributed by atoms with Gasteiger partial charge in [0.25, 0.3) is 5.56 Å². The third-order valence-electron chi connectivity index (χ3n) is 4.18. The van der Waals surface area contributed by atoms with Crippen molar-refractivity contribution in [2.24, 2.45) is 14.1 Å². The molecule has 0 radical (unpaired) electrons. The quantitative estimate of drug-likeness (QED) is 0.651. The number of ether oxygens (including phenoxy) is 3. The molecule has 9 nitrogen and oxygen atoms in total. The van der Waals surface area contributed by atoms with Crippen molar-refractivity contribution in [3.8, 4) is 23.3 Å². The normalized spacial score (nSPS) is 12.5. The molecule has 2 aromatic heterocycles. The SMILES string of the molecule is C=CCn1c(Oc2ccc3c(c2)OCO3)nc2c1c(=O)n(C)c(=O)n2C. The van der Waals surface area contributed by atoms with E-state index < -0.39 is 11.2 Å². The summed E-state index contributed by atoms with van der Waals surface area (Å²) in [6.07, 6.45) is 1.62. The first-order valence-electron chi connectivity index (χ1n) is 7.86. The van der Waals surface area contributed by atoms with Crippen molar-refractivity contribution in [3.63, 3.8) is 0 Å². The summed E-state index contributed by atoms with van der Waals surface area (Å²) in [7, 11) is 2.98. The van der Waals surface area contributed by atoms with Gasteiger partial charge in [0, 0.05) is 26.7 Å². The molecule has 0 fully saturated rings. The Labute approximate surface area is 147 Å². The molecule has 0 saturated carbocycles. The van der Waals surface area contributed by atoms with Crippen LogP contribution in [0.3, 0.4) is 0 Å². The molecule has 0 bridgehead atoms. The molecular formula is C17H16N4O5. The summed E-state index contributed by atoms with van der Waals surface area (Å²) in [5.41, 5.74) is -0.390. The number of aryl methyl sites for hydroxylation is 1. The molecule has 134 valence electrons. The molecule has 0 unspecified atom stereocenters. The molecule has 0 atom stereocenters. The minimum Gasteiger partial charge on any atom is -0.454 e. The van der Waals surface area contributed by atoms with Crippen molar-refractivity contribution < 1.29 is 14.2 Å². The summed E-state index contributed by atoms with van der Waals surface area (Å²) in [6, 6.07) is 5.30. The van der Waals surface area contributed by atoms with Crippen LogP contribution in [0.15, 0.2) is 40.4 Å². The predicted molar refractivity (Wildman–Crippen MR) is 93.1 cm³/mol. The Morgan fingerprint density at radius 3 is 2.77 bits per heavy atom. The van der Waals surface area contributed by atoms with Crippen LogP contribution in [0.5, 0.6) is 23.3 Å². The molecule has 0 amide bonds. The number of hydrogen-bond donors (Lipinski definition) is 0. The van der Waals surface area contributed by atoms with Crippen molar-refractivity contribution in [2.75, 3.05) is 6.79 Å². The lowest BCUT2D eigenvalue weighted by Gasteiger charge is -2.08. The van der Waals surface area contributed by atoms with Crippen molar-refractivity contribution in [1.82, 2.24) is 18.7 Å². The maximum Gasteiger partial charge on any atom is 0.332 e. The van der Waals surface area contributed by atoms with Crippen LogP contribution in [0, 0.1) is 0 Å². The Kier molecular flexibility index (Phi) is 3.57. The number of fused-ring (bicyclic) bond motifs is 2. The molecule has 0 N–H and O–H groups in total. The van der Waals surface area contributed by atoms with Gasteiger partial charge in [-0.15, -0.1) is 6.58 Å². The van der Waals surface area contributed by atoms with E-state index >= 15 is 0 Å². The average molecular weight is 356 g/mol. The van der Waals surface area contributed by atoms with Crippen molar-refractivity contribution in [3.05, 3.63) is 51.7 Å². The monoisotopic (exact) mass is 356 g/mol. The van der Waals surface area contributed by atoms with E-state index in [1.54, 1.807) is 35.9 Å². The molecule has 0 saturated heterocycles. The standard InChI is InChI=1S/C17H16N4O5/c1-4-7-21-13-14(19(2)17(23)20(3)15(13)22)18-16(21)26-10-5-6-11-12(8-10)25-9-24-11/h4-6,8H,1,7,9H2,2-3H3. The molecule has 3 aromatic rings. The molecule has 1 aliphatic heterocycles. The van der Waals surface area contributed by atoms with E-state index in [-0.39, 0.29) is 24.0 Å². The Balaban J connectivity index is 1.89. The van der Waals surface area contributed by atoms with E-state index in [0.29, 0.717) is 23.8 Å². The molecule has 26 heavy (non-hydrogen) atoms. The highest BCUT2D eigenvalue weighted by molar-refractivity contribution is 5.72. The van der Waals surface area contributed by atoms with Gasteiger partial charge in [-0.25, -0.2) is 4.79 Å². The van der Waals surface area contributed by atoms with Gasteiger partial charge in [0.05, 0.1) is 0 Å². The van der Waals surface area contributed by atoms with Crippen LogP contribution in [0.1, 0.15) is 0 Å². The first-order valence-corrected chi connectivity index (χ1v) is 7.86. The number of imidazole rings is 1. The Hall–Kier alpha value is -3.49. The summed E-state index contributed by atoms with van der Waals surface area (Å²) >= 11 is 0. The Bertz CT molecular complexity index is 1150. The molecular weight excluding hydrogens is 340 g/mol. The molecule has 1 aromatic carbocycles. The molecule has 0 aliphatic carbocycles. The minimum absolute atomic E-state index is 0.159. The average Bonchev–Trinajstić information content (AvgIpc) is 3.23. The summed E-state index contributed by atoms with van der Waals surface area (Å²) < 4.78 is 20.4. The van der Waals surface area contributed by atoms with Crippen LogP contribution in [0.25, 0.3) is 11.2 Å². The number of hydrogen-bond acceptors (Lipinski definition) is 6.